The fourth-order valence-electron chi connectivity index (χ4n) is 1.76. The standard InChI is InChI=1S/C14H17BrN4/c1-10-3-4-11(15)9-12(10)13-5-6-14(19-18-13)17-8-2-7-16/h3-6,9H,2,7-8,16H2,1H3,(H,17,19). The van der Waals surface area contributed by atoms with E-state index in [1.165, 1.54) is 5.56 Å². The van der Waals surface area contributed by atoms with Crippen molar-refractivity contribution in [3.05, 3.63) is 40.4 Å². The number of benzene rings is 1. The topological polar surface area (TPSA) is 63.8 Å². The summed E-state index contributed by atoms with van der Waals surface area (Å²) in [6, 6.07) is 10.1. The van der Waals surface area contributed by atoms with Gasteiger partial charge >= 0.3 is 0 Å². The second kappa shape index (κ2) is 6.63. The number of aryl methyl sites for hydroxylation is 1. The number of nitrogens with two attached hydrogens (primary N) is 1. The fraction of sp³-hybridized carbons (Fsp3) is 0.286. The first kappa shape index (κ1) is 14.0. The number of aromatic nitrogens is 2. The average Bonchev–Trinajstić information content (AvgIpc) is 2.43. The Labute approximate surface area is 121 Å². The van der Waals surface area contributed by atoms with E-state index >= 15 is 0 Å². The van der Waals surface area contributed by atoms with Gasteiger partial charge in [-0.2, -0.15) is 0 Å². The van der Waals surface area contributed by atoms with Crippen molar-refractivity contribution in [3.63, 3.8) is 0 Å². The van der Waals surface area contributed by atoms with Gasteiger partial charge in [-0.05, 0) is 49.7 Å². The van der Waals surface area contributed by atoms with Gasteiger partial charge in [0.15, 0.2) is 0 Å². The van der Waals surface area contributed by atoms with Gasteiger partial charge in [0.25, 0.3) is 0 Å². The molecule has 3 N–H and O–H groups in total. The van der Waals surface area contributed by atoms with E-state index in [2.05, 4.69) is 50.5 Å². The van der Waals surface area contributed by atoms with Crippen LogP contribution in [0.5, 0.6) is 0 Å². The predicted octanol–water partition coefficient (Wildman–Crippen LogP) is 2.98. The maximum absolute atomic E-state index is 5.44. The van der Waals surface area contributed by atoms with Gasteiger partial charge < -0.3 is 11.1 Å². The lowest BCUT2D eigenvalue weighted by Gasteiger charge is -2.07. The lowest BCUT2D eigenvalue weighted by Crippen LogP contribution is -2.09. The Morgan fingerprint density at radius 3 is 2.74 bits per heavy atom. The molecule has 19 heavy (non-hydrogen) atoms. The van der Waals surface area contributed by atoms with Crippen LogP contribution in [0.25, 0.3) is 11.3 Å². The van der Waals surface area contributed by atoms with Crippen LogP contribution in [0, 0.1) is 6.92 Å². The van der Waals surface area contributed by atoms with Gasteiger partial charge in [0.2, 0.25) is 0 Å². The third-order valence-corrected chi connectivity index (χ3v) is 3.32. The molecule has 0 aliphatic rings. The smallest absolute Gasteiger partial charge is 0.148 e. The van der Waals surface area contributed by atoms with Crippen molar-refractivity contribution in [2.24, 2.45) is 5.73 Å². The zero-order chi connectivity index (χ0) is 13.7. The summed E-state index contributed by atoms with van der Waals surface area (Å²) in [4.78, 5) is 0. The summed E-state index contributed by atoms with van der Waals surface area (Å²) >= 11 is 3.48. The molecule has 0 bridgehead atoms. The molecule has 0 aliphatic heterocycles. The number of anilines is 1. The van der Waals surface area contributed by atoms with E-state index in [4.69, 9.17) is 5.73 Å². The van der Waals surface area contributed by atoms with Gasteiger partial charge in [-0.25, -0.2) is 0 Å². The zero-order valence-electron chi connectivity index (χ0n) is 10.9. The van der Waals surface area contributed by atoms with Gasteiger partial charge in [-0.3, -0.25) is 0 Å². The molecular formula is C14H17BrN4. The van der Waals surface area contributed by atoms with Crippen molar-refractivity contribution in [1.29, 1.82) is 0 Å². The van der Waals surface area contributed by atoms with Crippen molar-refractivity contribution in [2.45, 2.75) is 13.3 Å². The molecule has 0 spiro atoms. The molecule has 0 amide bonds. The van der Waals surface area contributed by atoms with Crippen LogP contribution in [-0.4, -0.2) is 23.3 Å². The summed E-state index contributed by atoms with van der Waals surface area (Å²) in [6.45, 7) is 3.56. The summed E-state index contributed by atoms with van der Waals surface area (Å²) in [6.07, 6.45) is 0.925. The molecule has 4 nitrogen and oxygen atoms in total. The summed E-state index contributed by atoms with van der Waals surface area (Å²) in [7, 11) is 0. The molecule has 1 heterocycles. The molecule has 0 saturated heterocycles. The Balaban J connectivity index is 2.15. The Kier molecular flexibility index (Phi) is 4.87. The molecular weight excluding hydrogens is 304 g/mol. The van der Waals surface area contributed by atoms with E-state index in [-0.39, 0.29) is 0 Å². The van der Waals surface area contributed by atoms with Crippen LogP contribution < -0.4 is 11.1 Å². The summed E-state index contributed by atoms with van der Waals surface area (Å²) < 4.78 is 1.04. The number of hydrogen-bond acceptors (Lipinski definition) is 4. The number of nitrogens with one attached hydrogen (secondary N) is 1. The SMILES string of the molecule is Cc1ccc(Br)cc1-c1ccc(NCCCN)nn1. The minimum atomic E-state index is 0.676. The highest BCUT2D eigenvalue weighted by atomic mass is 79.9. The molecule has 0 atom stereocenters. The van der Waals surface area contributed by atoms with Crippen LogP contribution in [0.1, 0.15) is 12.0 Å². The Morgan fingerprint density at radius 1 is 1.21 bits per heavy atom. The Hall–Kier alpha value is -1.46. The highest BCUT2D eigenvalue weighted by Gasteiger charge is 2.05. The van der Waals surface area contributed by atoms with Crippen LogP contribution in [-0.2, 0) is 0 Å². The third kappa shape index (κ3) is 3.75. The van der Waals surface area contributed by atoms with E-state index in [0.29, 0.717) is 6.54 Å². The highest BCUT2D eigenvalue weighted by Crippen LogP contribution is 2.25. The van der Waals surface area contributed by atoms with Gasteiger partial charge in [0.05, 0.1) is 5.69 Å². The van der Waals surface area contributed by atoms with Gasteiger partial charge in [-0.1, -0.05) is 22.0 Å². The molecule has 0 radical (unpaired) electrons. The third-order valence-electron chi connectivity index (χ3n) is 2.83. The largest absolute Gasteiger partial charge is 0.369 e. The van der Waals surface area contributed by atoms with Crippen LogP contribution in [0.4, 0.5) is 5.82 Å². The van der Waals surface area contributed by atoms with E-state index < -0.39 is 0 Å². The quantitative estimate of drug-likeness (QED) is 0.831. The second-order valence-electron chi connectivity index (χ2n) is 4.33. The van der Waals surface area contributed by atoms with E-state index in [1.807, 2.05) is 18.2 Å². The van der Waals surface area contributed by atoms with Crippen LogP contribution >= 0.6 is 15.9 Å². The monoisotopic (exact) mass is 320 g/mol. The number of halogens is 1. The summed E-state index contributed by atoms with van der Waals surface area (Å²) in [5.74, 6) is 0.782. The Morgan fingerprint density at radius 2 is 2.05 bits per heavy atom. The fourth-order valence-corrected chi connectivity index (χ4v) is 2.12. The molecule has 2 rings (SSSR count). The molecule has 0 aliphatic carbocycles. The van der Waals surface area contributed by atoms with Gasteiger partial charge in [0, 0.05) is 16.6 Å². The molecule has 0 fully saturated rings. The molecule has 0 saturated carbocycles. The summed E-state index contributed by atoms with van der Waals surface area (Å²) in [5, 5.41) is 11.6. The molecule has 1 aromatic carbocycles. The van der Waals surface area contributed by atoms with Crippen LogP contribution in [0.15, 0.2) is 34.8 Å². The number of hydrogen-bond donors (Lipinski definition) is 2. The van der Waals surface area contributed by atoms with Crippen molar-refractivity contribution in [3.8, 4) is 11.3 Å². The van der Waals surface area contributed by atoms with Gasteiger partial charge in [-0.15, -0.1) is 10.2 Å². The molecule has 0 unspecified atom stereocenters. The maximum Gasteiger partial charge on any atom is 0.148 e. The van der Waals surface area contributed by atoms with Crippen molar-refractivity contribution < 1.29 is 0 Å². The van der Waals surface area contributed by atoms with E-state index in [9.17, 15) is 0 Å². The minimum Gasteiger partial charge on any atom is -0.369 e. The lowest BCUT2D eigenvalue weighted by molar-refractivity contribution is 0.864. The van der Waals surface area contributed by atoms with Gasteiger partial charge in [0.1, 0.15) is 5.82 Å². The first-order valence-corrected chi connectivity index (χ1v) is 7.04. The predicted molar refractivity (Wildman–Crippen MR) is 82.1 cm³/mol. The summed E-state index contributed by atoms with van der Waals surface area (Å²) in [5.41, 5.74) is 8.60. The normalized spacial score (nSPS) is 10.5. The number of nitrogens with zero attached hydrogens (tertiary/aromatic N) is 2. The second-order valence-corrected chi connectivity index (χ2v) is 5.25. The average molecular weight is 321 g/mol. The first-order valence-electron chi connectivity index (χ1n) is 6.25. The van der Waals surface area contributed by atoms with Crippen molar-refractivity contribution >= 4 is 21.7 Å². The van der Waals surface area contributed by atoms with Crippen molar-refractivity contribution in [1.82, 2.24) is 10.2 Å². The Bertz CT molecular complexity index is 540. The molecule has 2 aromatic rings. The van der Waals surface area contributed by atoms with E-state index in [0.717, 1.165) is 34.5 Å². The first-order chi connectivity index (χ1) is 9.20. The lowest BCUT2D eigenvalue weighted by atomic mass is 10.1. The highest BCUT2D eigenvalue weighted by molar-refractivity contribution is 9.10. The van der Waals surface area contributed by atoms with Crippen LogP contribution in [0.2, 0.25) is 0 Å². The zero-order valence-corrected chi connectivity index (χ0v) is 12.4. The molecule has 100 valence electrons. The maximum atomic E-state index is 5.44. The minimum absolute atomic E-state index is 0.676. The van der Waals surface area contributed by atoms with Crippen LogP contribution in [0.3, 0.4) is 0 Å². The van der Waals surface area contributed by atoms with Crippen molar-refractivity contribution in [2.75, 3.05) is 18.4 Å². The molecule has 5 heteroatoms. The van der Waals surface area contributed by atoms with E-state index in [1.54, 1.807) is 0 Å². The number of rotatable bonds is 5. The molecule has 1 aromatic heterocycles.